The Morgan fingerprint density at radius 2 is 2.38 bits per heavy atom. The standard InChI is InChI=1S/C11H14ClN3O/c1-8-4-2-3-5-15(8)10-6-13-9(7-16)11(12)14-10/h6-8H,2-5H2,1H3. The second-order valence-electron chi connectivity index (χ2n) is 4.06. The lowest BCUT2D eigenvalue weighted by Gasteiger charge is -2.34. The van der Waals surface area contributed by atoms with E-state index in [0.29, 0.717) is 12.3 Å². The molecule has 1 fully saturated rings. The van der Waals surface area contributed by atoms with E-state index in [2.05, 4.69) is 21.8 Å². The van der Waals surface area contributed by atoms with Gasteiger partial charge in [-0.05, 0) is 26.2 Å². The molecule has 1 aromatic rings. The number of halogens is 1. The van der Waals surface area contributed by atoms with Gasteiger partial charge in [-0.15, -0.1) is 0 Å². The van der Waals surface area contributed by atoms with Crippen LogP contribution < -0.4 is 4.90 Å². The molecule has 1 aliphatic heterocycles. The van der Waals surface area contributed by atoms with E-state index in [1.807, 2.05) is 0 Å². The van der Waals surface area contributed by atoms with Gasteiger partial charge in [-0.2, -0.15) is 0 Å². The number of aromatic nitrogens is 2. The van der Waals surface area contributed by atoms with Gasteiger partial charge in [0.2, 0.25) is 0 Å². The van der Waals surface area contributed by atoms with Crippen LogP contribution in [0.4, 0.5) is 5.82 Å². The summed E-state index contributed by atoms with van der Waals surface area (Å²) in [5.74, 6) is 0.766. The van der Waals surface area contributed by atoms with Crippen molar-refractivity contribution in [3.8, 4) is 0 Å². The minimum absolute atomic E-state index is 0.185. The van der Waals surface area contributed by atoms with E-state index in [1.54, 1.807) is 6.20 Å². The molecule has 0 radical (unpaired) electrons. The van der Waals surface area contributed by atoms with Gasteiger partial charge in [-0.1, -0.05) is 11.6 Å². The Kier molecular flexibility index (Phi) is 3.39. The number of nitrogens with zero attached hydrogens (tertiary/aromatic N) is 3. The van der Waals surface area contributed by atoms with Gasteiger partial charge in [0.05, 0.1) is 6.20 Å². The van der Waals surface area contributed by atoms with E-state index in [9.17, 15) is 4.79 Å². The number of piperidine rings is 1. The van der Waals surface area contributed by atoms with Gasteiger partial charge in [0.25, 0.3) is 0 Å². The Balaban J connectivity index is 2.26. The summed E-state index contributed by atoms with van der Waals surface area (Å²) in [6, 6.07) is 0.459. The molecule has 2 rings (SSSR count). The first-order valence-corrected chi connectivity index (χ1v) is 5.84. The Morgan fingerprint density at radius 3 is 3.00 bits per heavy atom. The van der Waals surface area contributed by atoms with E-state index in [4.69, 9.17) is 11.6 Å². The first kappa shape index (κ1) is 11.3. The SMILES string of the molecule is CC1CCCCN1c1cnc(C=O)c(Cl)n1. The maximum absolute atomic E-state index is 10.6. The van der Waals surface area contributed by atoms with Gasteiger partial charge in [0.15, 0.2) is 11.4 Å². The number of hydrogen-bond acceptors (Lipinski definition) is 4. The molecule has 0 saturated carbocycles. The van der Waals surface area contributed by atoms with Crippen molar-refractivity contribution in [2.75, 3.05) is 11.4 Å². The molecule has 2 heterocycles. The molecule has 1 saturated heterocycles. The topological polar surface area (TPSA) is 46.1 Å². The summed E-state index contributed by atoms with van der Waals surface area (Å²) in [5.41, 5.74) is 0.204. The number of carbonyl (C=O) groups excluding carboxylic acids is 1. The zero-order chi connectivity index (χ0) is 11.5. The predicted octanol–water partition coefficient (Wildman–Crippen LogP) is 2.32. The molecule has 86 valence electrons. The smallest absolute Gasteiger partial charge is 0.171 e. The van der Waals surface area contributed by atoms with Crippen molar-refractivity contribution >= 4 is 23.7 Å². The zero-order valence-corrected chi connectivity index (χ0v) is 9.94. The predicted molar refractivity (Wildman–Crippen MR) is 63.1 cm³/mol. The molecular weight excluding hydrogens is 226 g/mol. The lowest BCUT2D eigenvalue weighted by Crippen LogP contribution is -2.38. The van der Waals surface area contributed by atoms with Crippen LogP contribution in [0.1, 0.15) is 36.7 Å². The minimum Gasteiger partial charge on any atom is -0.353 e. The van der Waals surface area contributed by atoms with Crippen molar-refractivity contribution in [3.63, 3.8) is 0 Å². The second-order valence-corrected chi connectivity index (χ2v) is 4.42. The van der Waals surface area contributed by atoms with E-state index in [-0.39, 0.29) is 10.8 Å². The van der Waals surface area contributed by atoms with Crippen molar-refractivity contribution in [1.29, 1.82) is 0 Å². The van der Waals surface area contributed by atoms with Gasteiger partial charge >= 0.3 is 0 Å². The maximum Gasteiger partial charge on any atom is 0.171 e. The molecule has 1 aromatic heterocycles. The molecule has 1 unspecified atom stereocenters. The lowest BCUT2D eigenvalue weighted by molar-refractivity contribution is 0.111. The number of aldehydes is 1. The van der Waals surface area contributed by atoms with Gasteiger partial charge in [0, 0.05) is 12.6 Å². The van der Waals surface area contributed by atoms with Crippen LogP contribution in [0, 0.1) is 0 Å². The summed E-state index contributed by atoms with van der Waals surface area (Å²) in [6.07, 6.45) is 5.83. The summed E-state index contributed by atoms with van der Waals surface area (Å²) < 4.78 is 0. The maximum atomic E-state index is 10.6. The summed E-state index contributed by atoms with van der Waals surface area (Å²) in [5, 5.41) is 0.185. The van der Waals surface area contributed by atoms with Gasteiger partial charge in [-0.25, -0.2) is 9.97 Å². The van der Waals surface area contributed by atoms with E-state index < -0.39 is 0 Å². The summed E-state index contributed by atoms with van der Waals surface area (Å²) in [7, 11) is 0. The van der Waals surface area contributed by atoms with Crippen molar-refractivity contribution in [2.45, 2.75) is 32.2 Å². The third-order valence-corrected chi connectivity index (χ3v) is 3.23. The summed E-state index contributed by atoms with van der Waals surface area (Å²) in [6.45, 7) is 3.15. The number of carbonyl (C=O) groups is 1. The number of rotatable bonds is 2. The second kappa shape index (κ2) is 4.78. The molecule has 0 bridgehead atoms. The van der Waals surface area contributed by atoms with E-state index in [0.717, 1.165) is 18.8 Å². The molecule has 4 nitrogen and oxygen atoms in total. The van der Waals surface area contributed by atoms with Crippen LogP contribution in [-0.2, 0) is 0 Å². The average Bonchev–Trinajstić information content (AvgIpc) is 2.29. The van der Waals surface area contributed by atoms with Crippen LogP contribution in [-0.4, -0.2) is 28.8 Å². The van der Waals surface area contributed by atoms with Crippen molar-refractivity contribution < 1.29 is 4.79 Å². The fraction of sp³-hybridized carbons (Fsp3) is 0.545. The van der Waals surface area contributed by atoms with E-state index >= 15 is 0 Å². The molecule has 0 aliphatic carbocycles. The van der Waals surface area contributed by atoms with Crippen LogP contribution >= 0.6 is 11.6 Å². The fourth-order valence-electron chi connectivity index (χ4n) is 2.02. The number of hydrogen-bond donors (Lipinski definition) is 0. The third-order valence-electron chi connectivity index (χ3n) is 2.95. The lowest BCUT2D eigenvalue weighted by atomic mass is 10.0. The van der Waals surface area contributed by atoms with Crippen LogP contribution in [0.3, 0.4) is 0 Å². The highest BCUT2D eigenvalue weighted by molar-refractivity contribution is 6.31. The molecule has 1 aliphatic rings. The Morgan fingerprint density at radius 1 is 1.56 bits per heavy atom. The Hall–Kier alpha value is -1.16. The van der Waals surface area contributed by atoms with Gasteiger partial charge < -0.3 is 4.90 Å². The largest absolute Gasteiger partial charge is 0.353 e. The molecule has 0 aromatic carbocycles. The third kappa shape index (κ3) is 2.16. The van der Waals surface area contributed by atoms with Gasteiger partial charge in [-0.3, -0.25) is 4.79 Å². The first-order valence-electron chi connectivity index (χ1n) is 5.46. The molecular formula is C11H14ClN3O. The van der Waals surface area contributed by atoms with Crippen molar-refractivity contribution in [1.82, 2.24) is 9.97 Å². The van der Waals surface area contributed by atoms with Crippen LogP contribution in [0.15, 0.2) is 6.20 Å². The fourth-order valence-corrected chi connectivity index (χ4v) is 2.20. The van der Waals surface area contributed by atoms with Crippen molar-refractivity contribution in [3.05, 3.63) is 17.0 Å². The Bertz CT molecular complexity index is 397. The van der Waals surface area contributed by atoms with Crippen LogP contribution in [0.5, 0.6) is 0 Å². The molecule has 16 heavy (non-hydrogen) atoms. The average molecular weight is 240 g/mol. The van der Waals surface area contributed by atoms with Crippen LogP contribution in [0.2, 0.25) is 5.15 Å². The van der Waals surface area contributed by atoms with E-state index in [1.165, 1.54) is 12.8 Å². The number of anilines is 1. The minimum atomic E-state index is 0.185. The molecule has 1 atom stereocenters. The first-order chi connectivity index (χ1) is 7.72. The van der Waals surface area contributed by atoms with Crippen molar-refractivity contribution in [2.24, 2.45) is 0 Å². The monoisotopic (exact) mass is 239 g/mol. The molecule has 0 N–H and O–H groups in total. The summed E-state index contributed by atoms with van der Waals surface area (Å²) >= 11 is 5.86. The quantitative estimate of drug-likeness (QED) is 0.743. The molecule has 0 amide bonds. The highest BCUT2D eigenvalue weighted by Gasteiger charge is 2.20. The highest BCUT2D eigenvalue weighted by atomic mass is 35.5. The summed E-state index contributed by atoms with van der Waals surface area (Å²) in [4.78, 5) is 21.0. The normalized spacial score (nSPS) is 20.9. The Labute approximate surface area is 99.6 Å². The zero-order valence-electron chi connectivity index (χ0n) is 9.19. The van der Waals surface area contributed by atoms with Crippen LogP contribution in [0.25, 0.3) is 0 Å². The van der Waals surface area contributed by atoms with Gasteiger partial charge in [0.1, 0.15) is 11.5 Å². The molecule has 5 heteroatoms. The molecule has 0 spiro atoms. The highest BCUT2D eigenvalue weighted by Crippen LogP contribution is 2.23.